The van der Waals surface area contributed by atoms with Gasteiger partial charge in [0.05, 0.1) is 26.4 Å². The predicted octanol–water partition coefficient (Wildman–Crippen LogP) is 18.3. The molecule has 0 aliphatic heterocycles. The van der Waals surface area contributed by atoms with Gasteiger partial charge < -0.3 is 33.8 Å². The molecule has 0 saturated heterocycles. The molecule has 17 nitrogen and oxygen atoms in total. The minimum absolute atomic E-state index is 0.103. The molecule has 0 aromatic carbocycles. The molecular formula is C66H128O17P2. The lowest BCUT2D eigenvalue weighted by Gasteiger charge is -2.21. The Morgan fingerprint density at radius 1 is 0.318 bits per heavy atom. The van der Waals surface area contributed by atoms with Crippen LogP contribution in [0.5, 0.6) is 0 Å². The highest BCUT2D eigenvalue weighted by atomic mass is 31.2. The Labute approximate surface area is 517 Å². The second kappa shape index (κ2) is 57.2. The average molecular weight is 1260 g/mol. The summed E-state index contributed by atoms with van der Waals surface area (Å²) >= 11 is 0. The molecule has 85 heavy (non-hydrogen) atoms. The minimum Gasteiger partial charge on any atom is -0.462 e. The lowest BCUT2D eigenvalue weighted by Crippen LogP contribution is -2.30. The lowest BCUT2D eigenvalue weighted by molar-refractivity contribution is -0.161. The van der Waals surface area contributed by atoms with E-state index in [1.165, 1.54) is 128 Å². The van der Waals surface area contributed by atoms with Crippen LogP contribution >= 0.6 is 15.6 Å². The van der Waals surface area contributed by atoms with Crippen molar-refractivity contribution in [1.82, 2.24) is 0 Å². The molecule has 0 aliphatic rings. The van der Waals surface area contributed by atoms with Crippen LogP contribution in [0.15, 0.2) is 0 Å². The fourth-order valence-corrected chi connectivity index (χ4v) is 11.4. The molecule has 0 aromatic heterocycles. The zero-order valence-electron chi connectivity index (χ0n) is 55.1. The van der Waals surface area contributed by atoms with E-state index in [0.29, 0.717) is 31.6 Å². The number of carbonyl (C=O) groups excluding carboxylic acids is 4. The van der Waals surface area contributed by atoms with Gasteiger partial charge in [-0.1, -0.05) is 273 Å². The Morgan fingerprint density at radius 2 is 0.541 bits per heavy atom. The maximum Gasteiger partial charge on any atom is 0.472 e. The van der Waals surface area contributed by atoms with Gasteiger partial charge in [0.25, 0.3) is 0 Å². The number of rotatable bonds is 64. The van der Waals surface area contributed by atoms with E-state index in [-0.39, 0.29) is 25.7 Å². The standard InChI is InChI=1S/C66H128O17P2/c1-8-9-10-11-12-13-14-15-16-17-18-26-35-42-49-65(70)82-61(53-76-63(68)47-40-33-25-21-19-23-30-37-44-57(2)3)55-80-84(72,73)78-51-60(67)52-79-85(74,75)81-56-62(54-77-64(69)48-41-34-29-28-32-39-46-59(6)7)83-66(71)50-43-36-27-22-20-24-31-38-45-58(4)5/h57-62,67H,8-56H2,1-7H3,(H,72,73)(H,74,75)/t60-,61-,62-/m1/s1. The van der Waals surface area contributed by atoms with Crippen LogP contribution in [0.3, 0.4) is 0 Å². The summed E-state index contributed by atoms with van der Waals surface area (Å²) in [6.07, 6.45) is 39.1. The van der Waals surface area contributed by atoms with Crippen molar-refractivity contribution in [3.63, 3.8) is 0 Å². The topological polar surface area (TPSA) is 237 Å². The number of phosphoric ester groups is 2. The molecule has 5 atom stereocenters. The normalized spacial score (nSPS) is 14.3. The van der Waals surface area contributed by atoms with E-state index in [9.17, 15) is 43.2 Å². The van der Waals surface area contributed by atoms with Crippen molar-refractivity contribution in [3.8, 4) is 0 Å². The van der Waals surface area contributed by atoms with Gasteiger partial charge >= 0.3 is 39.5 Å². The fraction of sp³-hybridized carbons (Fsp3) is 0.939. The molecule has 0 aliphatic carbocycles. The SMILES string of the molecule is CCCCCCCCCCCCCCCCC(=O)O[C@H](COC(=O)CCCCCCCCCCC(C)C)COP(=O)(O)OC[C@@H](O)COP(=O)(O)OC[C@@H](COC(=O)CCCCCCCCC(C)C)OC(=O)CCCCCCCCCCC(C)C. The number of aliphatic hydroxyl groups is 1. The molecule has 0 radical (unpaired) electrons. The maximum absolute atomic E-state index is 13.0. The van der Waals surface area contributed by atoms with Crippen LogP contribution in [-0.2, 0) is 65.4 Å². The van der Waals surface area contributed by atoms with Gasteiger partial charge in [0.15, 0.2) is 12.2 Å². The summed E-state index contributed by atoms with van der Waals surface area (Å²) in [5.74, 6) is -0.0110. The molecule has 0 bridgehead atoms. The molecule has 0 aromatic rings. The third-order valence-corrected chi connectivity index (χ3v) is 17.0. The molecule has 2 unspecified atom stereocenters. The van der Waals surface area contributed by atoms with Gasteiger partial charge in [0.1, 0.15) is 19.3 Å². The first kappa shape index (κ1) is 83.1. The smallest absolute Gasteiger partial charge is 0.462 e. The second-order valence-corrected chi connectivity index (χ2v) is 28.2. The van der Waals surface area contributed by atoms with Crippen LogP contribution in [0.4, 0.5) is 0 Å². The highest BCUT2D eigenvalue weighted by Crippen LogP contribution is 2.45. The molecule has 0 saturated carbocycles. The van der Waals surface area contributed by atoms with Crippen LogP contribution in [0.1, 0.15) is 325 Å². The number of esters is 4. The lowest BCUT2D eigenvalue weighted by atomic mass is 10.0. The van der Waals surface area contributed by atoms with Crippen molar-refractivity contribution in [1.29, 1.82) is 0 Å². The number of unbranched alkanes of at least 4 members (excludes halogenated alkanes) is 32. The van der Waals surface area contributed by atoms with Crippen molar-refractivity contribution in [2.24, 2.45) is 17.8 Å². The molecular weight excluding hydrogens is 1130 g/mol. The van der Waals surface area contributed by atoms with E-state index in [2.05, 4.69) is 48.5 Å². The van der Waals surface area contributed by atoms with Crippen molar-refractivity contribution >= 4 is 39.5 Å². The molecule has 0 heterocycles. The number of phosphoric acid groups is 2. The number of hydrogen-bond donors (Lipinski definition) is 3. The summed E-state index contributed by atoms with van der Waals surface area (Å²) < 4.78 is 68.1. The van der Waals surface area contributed by atoms with Gasteiger partial charge in [0, 0.05) is 25.7 Å². The van der Waals surface area contributed by atoms with Crippen LogP contribution in [-0.4, -0.2) is 96.7 Å². The molecule has 3 N–H and O–H groups in total. The van der Waals surface area contributed by atoms with Crippen molar-refractivity contribution in [2.45, 2.75) is 343 Å². The number of hydrogen-bond acceptors (Lipinski definition) is 15. The molecule has 0 amide bonds. The molecule has 0 rings (SSSR count). The highest BCUT2D eigenvalue weighted by Gasteiger charge is 2.30. The Bertz CT molecular complexity index is 1680. The van der Waals surface area contributed by atoms with E-state index in [4.69, 9.17) is 37.0 Å². The summed E-state index contributed by atoms with van der Waals surface area (Å²) in [5, 5.41) is 10.5. The Balaban J connectivity index is 5.25. The van der Waals surface area contributed by atoms with E-state index >= 15 is 0 Å². The van der Waals surface area contributed by atoms with E-state index < -0.39 is 97.5 Å². The van der Waals surface area contributed by atoms with Crippen LogP contribution in [0, 0.1) is 17.8 Å². The average Bonchev–Trinajstić information content (AvgIpc) is 3.54. The fourth-order valence-electron chi connectivity index (χ4n) is 9.83. The van der Waals surface area contributed by atoms with Gasteiger partial charge in [-0.25, -0.2) is 9.13 Å². The summed E-state index contributed by atoms with van der Waals surface area (Å²) in [4.78, 5) is 72.3. The molecule has 0 spiro atoms. The van der Waals surface area contributed by atoms with E-state index in [1.54, 1.807) is 0 Å². The quantitative estimate of drug-likeness (QED) is 0.0222. The van der Waals surface area contributed by atoms with Gasteiger partial charge in [-0.05, 0) is 43.4 Å². The zero-order chi connectivity index (χ0) is 63.1. The van der Waals surface area contributed by atoms with E-state index in [1.807, 2.05) is 0 Å². The van der Waals surface area contributed by atoms with Crippen LogP contribution < -0.4 is 0 Å². The van der Waals surface area contributed by atoms with Gasteiger partial charge in [-0.3, -0.25) is 37.3 Å². The number of aliphatic hydroxyl groups excluding tert-OH is 1. The first-order valence-electron chi connectivity index (χ1n) is 34.3. The summed E-state index contributed by atoms with van der Waals surface area (Å²) in [6, 6.07) is 0. The zero-order valence-corrected chi connectivity index (χ0v) is 56.9. The molecule has 504 valence electrons. The van der Waals surface area contributed by atoms with Gasteiger partial charge in [0.2, 0.25) is 0 Å². The number of carbonyl (C=O) groups is 4. The van der Waals surface area contributed by atoms with Crippen molar-refractivity contribution < 1.29 is 80.2 Å². The second-order valence-electron chi connectivity index (χ2n) is 25.3. The molecule has 19 heteroatoms. The largest absolute Gasteiger partial charge is 0.472 e. The first-order valence-corrected chi connectivity index (χ1v) is 37.3. The molecule has 0 fully saturated rings. The highest BCUT2D eigenvalue weighted by molar-refractivity contribution is 7.47. The van der Waals surface area contributed by atoms with Crippen LogP contribution in [0.2, 0.25) is 0 Å². The summed E-state index contributed by atoms with van der Waals surface area (Å²) in [5.41, 5.74) is 0. The van der Waals surface area contributed by atoms with Crippen LogP contribution in [0.25, 0.3) is 0 Å². The van der Waals surface area contributed by atoms with Gasteiger partial charge in [-0.15, -0.1) is 0 Å². The van der Waals surface area contributed by atoms with Gasteiger partial charge in [-0.2, -0.15) is 0 Å². The van der Waals surface area contributed by atoms with E-state index in [0.717, 1.165) is 108 Å². The summed E-state index contributed by atoms with van der Waals surface area (Å²) in [6.45, 7) is 11.7. The maximum atomic E-state index is 13.0. The monoisotopic (exact) mass is 1250 g/mol. The summed E-state index contributed by atoms with van der Waals surface area (Å²) in [7, 11) is -9.89. The Morgan fingerprint density at radius 3 is 0.800 bits per heavy atom. The van der Waals surface area contributed by atoms with Crippen molar-refractivity contribution in [2.75, 3.05) is 39.6 Å². The Kier molecular flexibility index (Phi) is 55.9. The number of ether oxygens (including phenoxy) is 4. The first-order chi connectivity index (χ1) is 40.7. The predicted molar refractivity (Wildman–Crippen MR) is 340 cm³/mol. The third kappa shape index (κ3) is 60.7. The Hall–Kier alpha value is -1.94. The minimum atomic E-state index is -4.95. The van der Waals surface area contributed by atoms with Crippen molar-refractivity contribution in [3.05, 3.63) is 0 Å². The third-order valence-electron chi connectivity index (χ3n) is 15.1.